The van der Waals surface area contributed by atoms with Crippen molar-refractivity contribution in [2.45, 2.75) is 52.5 Å². The van der Waals surface area contributed by atoms with Gasteiger partial charge < -0.3 is 20.1 Å². The number of fused-ring (bicyclic) bond motifs is 1. The molecule has 3 rings (SSSR count). The van der Waals surface area contributed by atoms with Crippen molar-refractivity contribution in [1.82, 2.24) is 10.6 Å². The monoisotopic (exact) mass is 396 g/mol. The normalized spacial score (nSPS) is 25.1. The number of carbonyl (C=O) groups is 1. The van der Waals surface area contributed by atoms with Crippen molar-refractivity contribution in [3.8, 4) is 11.5 Å². The predicted octanol–water partition coefficient (Wildman–Crippen LogP) is 3.86. The van der Waals surface area contributed by atoms with Crippen molar-refractivity contribution in [2.24, 2.45) is 11.3 Å². The molecule has 3 atom stereocenters. The van der Waals surface area contributed by atoms with Crippen LogP contribution >= 0.6 is 12.4 Å². The van der Waals surface area contributed by atoms with E-state index in [2.05, 4.69) is 10.6 Å². The third-order valence-electron chi connectivity index (χ3n) is 5.91. The van der Waals surface area contributed by atoms with E-state index in [0.29, 0.717) is 19.1 Å². The van der Waals surface area contributed by atoms with Crippen molar-refractivity contribution < 1.29 is 14.3 Å². The van der Waals surface area contributed by atoms with E-state index >= 15 is 0 Å². The van der Waals surface area contributed by atoms with E-state index in [1.807, 2.05) is 39.0 Å². The third kappa shape index (κ3) is 4.52. The molecular formula is C21H33ClN2O3. The van der Waals surface area contributed by atoms with Gasteiger partial charge in [-0.1, -0.05) is 18.9 Å². The minimum absolute atomic E-state index is 0. The minimum Gasteiger partial charge on any atom is -0.490 e. The molecule has 0 radical (unpaired) electrons. The molecule has 1 unspecified atom stereocenters. The van der Waals surface area contributed by atoms with Crippen LogP contribution in [0.2, 0.25) is 0 Å². The lowest BCUT2D eigenvalue weighted by molar-refractivity contribution is -0.134. The second-order valence-electron chi connectivity index (χ2n) is 7.50. The fourth-order valence-electron chi connectivity index (χ4n) is 4.45. The number of nitrogens with one attached hydrogen (secondary N) is 2. The molecule has 0 spiro atoms. The van der Waals surface area contributed by atoms with Crippen molar-refractivity contribution in [1.29, 1.82) is 0 Å². The molecule has 27 heavy (non-hydrogen) atoms. The summed E-state index contributed by atoms with van der Waals surface area (Å²) in [5.74, 6) is 2.17. The molecule has 6 heteroatoms. The lowest BCUT2D eigenvalue weighted by Crippen LogP contribution is -2.48. The van der Waals surface area contributed by atoms with Gasteiger partial charge >= 0.3 is 0 Å². The Hall–Kier alpha value is -1.46. The summed E-state index contributed by atoms with van der Waals surface area (Å²) in [6.07, 6.45) is 4.55. The smallest absolute Gasteiger partial charge is 0.228 e. The highest BCUT2D eigenvalue weighted by molar-refractivity contribution is 5.85. The van der Waals surface area contributed by atoms with Crippen molar-refractivity contribution >= 4 is 18.3 Å². The standard InChI is InChI=1S/C21H32N2O3.ClH/c1-4-25-18-10-9-16(12-19(18)26-5-2)15(3)23-20(24)21-11-7-6-8-17(21)13-22-14-21;/h9-10,12,15,17,22H,4-8,11,13-14H2,1-3H3,(H,23,24);1H/t15?,17-,21+;/m0./s1. The molecule has 152 valence electrons. The van der Waals surface area contributed by atoms with Crippen LogP contribution in [0, 0.1) is 11.3 Å². The van der Waals surface area contributed by atoms with E-state index < -0.39 is 0 Å². The van der Waals surface area contributed by atoms with Crippen molar-refractivity contribution in [2.75, 3.05) is 26.3 Å². The molecule has 1 saturated carbocycles. The number of amides is 1. The van der Waals surface area contributed by atoms with Crippen molar-refractivity contribution in [3.63, 3.8) is 0 Å². The highest BCUT2D eigenvalue weighted by Gasteiger charge is 2.49. The maximum absolute atomic E-state index is 13.2. The number of halogens is 1. The molecule has 2 N–H and O–H groups in total. The molecule has 1 aliphatic carbocycles. The summed E-state index contributed by atoms with van der Waals surface area (Å²) in [7, 11) is 0. The maximum atomic E-state index is 13.2. The molecule has 5 nitrogen and oxygen atoms in total. The number of rotatable bonds is 7. The van der Waals surface area contributed by atoms with Crippen LogP contribution < -0.4 is 20.1 Å². The van der Waals surface area contributed by atoms with E-state index in [0.717, 1.165) is 49.4 Å². The summed E-state index contributed by atoms with van der Waals surface area (Å²) < 4.78 is 11.4. The molecular weight excluding hydrogens is 364 g/mol. The Morgan fingerprint density at radius 3 is 2.74 bits per heavy atom. The largest absolute Gasteiger partial charge is 0.490 e. The summed E-state index contributed by atoms with van der Waals surface area (Å²) >= 11 is 0. The molecule has 1 heterocycles. The van der Waals surface area contributed by atoms with Gasteiger partial charge in [0.1, 0.15) is 0 Å². The van der Waals surface area contributed by atoms with Gasteiger partial charge in [0.25, 0.3) is 0 Å². The number of hydrogen-bond donors (Lipinski definition) is 2. The van der Waals surface area contributed by atoms with Crippen LogP contribution in [-0.2, 0) is 4.79 Å². The van der Waals surface area contributed by atoms with Gasteiger partial charge in [0.15, 0.2) is 11.5 Å². The quantitative estimate of drug-likeness (QED) is 0.734. The molecule has 1 saturated heterocycles. The molecule has 2 fully saturated rings. The number of benzene rings is 1. The molecule has 1 aromatic rings. The summed E-state index contributed by atoms with van der Waals surface area (Å²) in [6.45, 7) is 8.93. The van der Waals surface area contributed by atoms with E-state index in [1.165, 1.54) is 6.42 Å². The average molecular weight is 397 g/mol. The fourth-order valence-corrected chi connectivity index (χ4v) is 4.45. The van der Waals surface area contributed by atoms with Crippen LogP contribution in [0.3, 0.4) is 0 Å². The van der Waals surface area contributed by atoms with Crippen LogP contribution in [0.15, 0.2) is 18.2 Å². The average Bonchev–Trinajstić information content (AvgIpc) is 3.09. The molecule has 2 aliphatic rings. The Balaban J connectivity index is 0.00000261. The Labute approximate surface area is 169 Å². The molecule has 0 aromatic heterocycles. The predicted molar refractivity (Wildman–Crippen MR) is 110 cm³/mol. The molecule has 1 aromatic carbocycles. The Morgan fingerprint density at radius 2 is 2.00 bits per heavy atom. The number of carbonyl (C=O) groups excluding carboxylic acids is 1. The maximum Gasteiger partial charge on any atom is 0.228 e. The van der Waals surface area contributed by atoms with Gasteiger partial charge in [-0.15, -0.1) is 12.4 Å². The fraction of sp³-hybridized carbons (Fsp3) is 0.667. The van der Waals surface area contributed by atoms with E-state index in [9.17, 15) is 4.79 Å². The minimum atomic E-state index is -0.222. The van der Waals surface area contributed by atoms with Crippen LogP contribution in [0.4, 0.5) is 0 Å². The summed E-state index contributed by atoms with van der Waals surface area (Å²) in [5, 5.41) is 6.72. The van der Waals surface area contributed by atoms with Gasteiger partial charge in [0.2, 0.25) is 5.91 Å². The third-order valence-corrected chi connectivity index (χ3v) is 5.91. The molecule has 0 bridgehead atoms. The van der Waals surface area contributed by atoms with Gasteiger partial charge in [-0.05, 0) is 63.8 Å². The first-order valence-electron chi connectivity index (χ1n) is 10.0. The van der Waals surface area contributed by atoms with Crippen LogP contribution in [0.25, 0.3) is 0 Å². The highest BCUT2D eigenvalue weighted by Crippen LogP contribution is 2.44. The Morgan fingerprint density at radius 1 is 1.26 bits per heavy atom. The highest BCUT2D eigenvalue weighted by atomic mass is 35.5. The zero-order chi connectivity index (χ0) is 18.6. The first kappa shape index (κ1) is 21.8. The Bertz CT molecular complexity index is 640. The van der Waals surface area contributed by atoms with E-state index in [4.69, 9.17) is 9.47 Å². The van der Waals surface area contributed by atoms with Crippen LogP contribution in [0.5, 0.6) is 11.5 Å². The zero-order valence-corrected chi connectivity index (χ0v) is 17.5. The van der Waals surface area contributed by atoms with Crippen LogP contribution in [0.1, 0.15) is 58.1 Å². The molecule has 1 aliphatic heterocycles. The number of ether oxygens (including phenoxy) is 2. The first-order chi connectivity index (χ1) is 12.6. The van der Waals surface area contributed by atoms with E-state index in [1.54, 1.807) is 0 Å². The van der Waals surface area contributed by atoms with Gasteiger partial charge in [-0.3, -0.25) is 4.79 Å². The Kier molecular flexibility index (Phi) is 7.80. The van der Waals surface area contributed by atoms with Gasteiger partial charge in [-0.2, -0.15) is 0 Å². The lowest BCUT2D eigenvalue weighted by atomic mass is 9.67. The van der Waals surface area contributed by atoms with Gasteiger partial charge in [-0.25, -0.2) is 0 Å². The first-order valence-corrected chi connectivity index (χ1v) is 10.0. The SMILES string of the molecule is CCOc1ccc(C(C)NC(=O)[C@@]23CCCC[C@H]2CNC3)cc1OCC.Cl. The topological polar surface area (TPSA) is 59.6 Å². The second kappa shape index (κ2) is 9.65. The van der Waals surface area contributed by atoms with Gasteiger partial charge in [0.05, 0.1) is 24.7 Å². The summed E-state index contributed by atoms with van der Waals surface area (Å²) in [5.41, 5.74) is 0.820. The van der Waals surface area contributed by atoms with Crippen LogP contribution in [-0.4, -0.2) is 32.2 Å². The number of hydrogen-bond acceptors (Lipinski definition) is 4. The van der Waals surface area contributed by atoms with E-state index in [-0.39, 0.29) is 29.8 Å². The second-order valence-corrected chi connectivity index (χ2v) is 7.50. The lowest BCUT2D eigenvalue weighted by Gasteiger charge is -2.38. The summed E-state index contributed by atoms with van der Waals surface area (Å²) in [4.78, 5) is 13.2. The molecule has 1 amide bonds. The zero-order valence-electron chi connectivity index (χ0n) is 16.7. The van der Waals surface area contributed by atoms with Crippen molar-refractivity contribution in [3.05, 3.63) is 23.8 Å². The van der Waals surface area contributed by atoms with Gasteiger partial charge in [0, 0.05) is 6.54 Å². The summed E-state index contributed by atoms with van der Waals surface area (Å²) in [6, 6.07) is 5.88.